The van der Waals surface area contributed by atoms with E-state index in [0.717, 1.165) is 4.47 Å². The van der Waals surface area contributed by atoms with Gasteiger partial charge in [0, 0.05) is 22.6 Å². The van der Waals surface area contributed by atoms with Crippen LogP contribution < -0.4 is 10.1 Å². The summed E-state index contributed by atoms with van der Waals surface area (Å²) >= 11 is 4.72. The Balaban J connectivity index is 1.96. The van der Waals surface area contributed by atoms with Crippen molar-refractivity contribution in [3.8, 4) is 11.8 Å². The number of nitrogens with zero attached hydrogens (tertiary/aromatic N) is 1. The van der Waals surface area contributed by atoms with Crippen LogP contribution >= 0.6 is 27.3 Å². The van der Waals surface area contributed by atoms with Crippen LogP contribution in [0.1, 0.15) is 22.5 Å². The summed E-state index contributed by atoms with van der Waals surface area (Å²) in [6, 6.07) is 11.1. The van der Waals surface area contributed by atoms with Gasteiger partial charge >= 0.3 is 0 Å². The molecular weight excluding hydrogens is 352 g/mol. The van der Waals surface area contributed by atoms with Gasteiger partial charge in [0.1, 0.15) is 10.6 Å². The molecule has 6 heteroatoms. The summed E-state index contributed by atoms with van der Waals surface area (Å²) in [6.07, 6.45) is 1.16. The van der Waals surface area contributed by atoms with Crippen molar-refractivity contribution in [1.82, 2.24) is 0 Å². The fourth-order valence-corrected chi connectivity index (χ4v) is 3.09. The number of carbonyl (C=O) groups is 1. The first-order valence-electron chi connectivity index (χ1n) is 6.35. The van der Waals surface area contributed by atoms with E-state index in [2.05, 4.69) is 27.3 Å². The first-order valence-corrected chi connectivity index (χ1v) is 8.02. The molecule has 1 aromatic heterocycles. The Morgan fingerprint density at radius 1 is 1.43 bits per heavy atom. The molecule has 0 bridgehead atoms. The Labute approximate surface area is 135 Å². The number of ether oxygens (including phenoxy) is 1. The topological polar surface area (TPSA) is 62.1 Å². The number of nitriles is 1. The van der Waals surface area contributed by atoms with Crippen molar-refractivity contribution in [2.45, 2.75) is 12.8 Å². The molecule has 1 heterocycles. The molecule has 0 unspecified atom stereocenters. The molecule has 21 heavy (non-hydrogen) atoms. The lowest BCUT2D eigenvalue weighted by Crippen LogP contribution is -2.10. The molecular formula is C15H13BrN2O2S. The van der Waals surface area contributed by atoms with Crippen molar-refractivity contribution in [3.63, 3.8) is 0 Å². The molecule has 0 saturated heterocycles. The van der Waals surface area contributed by atoms with Gasteiger partial charge in [-0.15, -0.1) is 11.3 Å². The van der Waals surface area contributed by atoms with Crippen molar-refractivity contribution in [2.24, 2.45) is 0 Å². The highest BCUT2D eigenvalue weighted by atomic mass is 79.9. The minimum absolute atomic E-state index is 0.154. The van der Waals surface area contributed by atoms with Crippen LogP contribution in [-0.2, 0) is 0 Å². The molecule has 0 aliphatic rings. The molecule has 2 aromatic rings. The second-order valence-corrected chi connectivity index (χ2v) is 5.96. The third-order valence-electron chi connectivity index (χ3n) is 2.62. The Bertz CT molecular complexity index is 664. The smallest absolute Gasteiger partial charge is 0.266 e. The molecule has 1 aromatic carbocycles. The van der Waals surface area contributed by atoms with Crippen LogP contribution in [0, 0.1) is 11.3 Å². The summed E-state index contributed by atoms with van der Waals surface area (Å²) in [4.78, 5) is 12.7. The monoisotopic (exact) mass is 364 g/mol. The number of halogens is 1. The molecule has 0 atom stereocenters. The first kappa shape index (κ1) is 15.5. The molecule has 108 valence electrons. The van der Waals surface area contributed by atoms with Gasteiger partial charge in [-0.2, -0.15) is 5.26 Å². The average molecular weight is 365 g/mol. The molecule has 0 radical (unpaired) electrons. The highest BCUT2D eigenvalue weighted by molar-refractivity contribution is 9.10. The van der Waals surface area contributed by atoms with Crippen LogP contribution in [0.3, 0.4) is 0 Å². The second-order valence-electron chi connectivity index (χ2n) is 4.19. The molecule has 0 aliphatic carbocycles. The summed E-state index contributed by atoms with van der Waals surface area (Å²) < 4.78 is 6.32. The summed E-state index contributed by atoms with van der Waals surface area (Å²) in [7, 11) is 0. The fourth-order valence-electron chi connectivity index (χ4n) is 1.65. The summed E-state index contributed by atoms with van der Waals surface area (Å²) in [5.74, 6) is 0.523. The minimum atomic E-state index is -0.154. The first-order chi connectivity index (χ1) is 10.2. The van der Waals surface area contributed by atoms with Gasteiger partial charge < -0.3 is 10.1 Å². The predicted octanol–water partition coefficient (Wildman–Crippen LogP) is 4.45. The van der Waals surface area contributed by atoms with E-state index >= 15 is 0 Å². The van der Waals surface area contributed by atoms with Crippen LogP contribution in [0.2, 0.25) is 0 Å². The Morgan fingerprint density at radius 3 is 3.00 bits per heavy atom. The average Bonchev–Trinajstić information content (AvgIpc) is 2.90. The highest BCUT2D eigenvalue weighted by Gasteiger charge is 2.11. The third-order valence-corrected chi connectivity index (χ3v) is 4.45. The summed E-state index contributed by atoms with van der Waals surface area (Å²) in [5.41, 5.74) is 0.679. The number of anilines is 1. The van der Waals surface area contributed by atoms with E-state index in [1.165, 1.54) is 11.3 Å². The normalized spacial score (nSPS) is 9.90. The lowest BCUT2D eigenvalue weighted by molar-refractivity contribution is 0.103. The van der Waals surface area contributed by atoms with Gasteiger partial charge in [0.15, 0.2) is 0 Å². The zero-order chi connectivity index (χ0) is 15.1. The van der Waals surface area contributed by atoms with Gasteiger partial charge in [-0.1, -0.05) is 6.07 Å². The number of unbranched alkanes of at least 4 members (excludes halogenated alkanes) is 1. The van der Waals surface area contributed by atoms with Gasteiger partial charge in [-0.3, -0.25) is 4.79 Å². The number of amides is 1. The summed E-state index contributed by atoms with van der Waals surface area (Å²) in [5, 5.41) is 13.2. The number of hydrogen-bond acceptors (Lipinski definition) is 4. The van der Waals surface area contributed by atoms with Crippen LogP contribution in [0.4, 0.5) is 5.69 Å². The number of carbonyl (C=O) groups excluding carboxylic acids is 1. The predicted molar refractivity (Wildman–Crippen MR) is 86.8 cm³/mol. The Hall–Kier alpha value is -1.84. The lowest BCUT2D eigenvalue weighted by atomic mass is 10.3. The molecule has 0 spiro atoms. The SMILES string of the molecule is N#CCCCOc1cccc(NC(=O)c2sccc2Br)c1. The molecule has 4 nitrogen and oxygen atoms in total. The van der Waals surface area contributed by atoms with E-state index in [1.54, 1.807) is 6.07 Å². The van der Waals surface area contributed by atoms with E-state index in [4.69, 9.17) is 10.00 Å². The number of nitrogens with one attached hydrogen (secondary N) is 1. The van der Waals surface area contributed by atoms with E-state index in [9.17, 15) is 4.79 Å². The Kier molecular flexibility index (Phi) is 5.78. The number of benzene rings is 1. The van der Waals surface area contributed by atoms with Crippen molar-refractivity contribution >= 4 is 38.9 Å². The molecule has 0 aliphatic heterocycles. The van der Waals surface area contributed by atoms with Gasteiger partial charge in [0.25, 0.3) is 5.91 Å². The summed E-state index contributed by atoms with van der Waals surface area (Å²) in [6.45, 7) is 0.488. The van der Waals surface area contributed by atoms with Gasteiger partial charge in [0.2, 0.25) is 0 Å². The van der Waals surface area contributed by atoms with Gasteiger partial charge in [-0.25, -0.2) is 0 Å². The quantitative estimate of drug-likeness (QED) is 0.770. The maximum atomic E-state index is 12.1. The maximum Gasteiger partial charge on any atom is 0.266 e. The largest absolute Gasteiger partial charge is 0.493 e. The van der Waals surface area contributed by atoms with E-state index < -0.39 is 0 Å². The van der Waals surface area contributed by atoms with Crippen molar-refractivity contribution < 1.29 is 9.53 Å². The second kappa shape index (κ2) is 7.81. The van der Waals surface area contributed by atoms with Crippen LogP contribution in [0.15, 0.2) is 40.2 Å². The number of rotatable bonds is 6. The Morgan fingerprint density at radius 2 is 2.29 bits per heavy atom. The van der Waals surface area contributed by atoms with Gasteiger partial charge in [-0.05, 0) is 45.9 Å². The zero-order valence-electron chi connectivity index (χ0n) is 11.1. The standard InChI is InChI=1S/C15H13BrN2O2S/c16-13-6-9-21-14(13)15(19)18-11-4-3-5-12(10-11)20-8-2-1-7-17/h3-6,9-10H,1-2,8H2,(H,18,19). The third kappa shape index (κ3) is 4.59. The van der Waals surface area contributed by atoms with E-state index in [-0.39, 0.29) is 5.91 Å². The lowest BCUT2D eigenvalue weighted by Gasteiger charge is -2.08. The molecule has 0 fully saturated rings. The molecule has 1 amide bonds. The van der Waals surface area contributed by atoms with Crippen LogP contribution in [0.5, 0.6) is 5.75 Å². The molecule has 0 saturated carbocycles. The maximum absolute atomic E-state index is 12.1. The fraction of sp³-hybridized carbons (Fsp3) is 0.200. The van der Waals surface area contributed by atoms with Crippen molar-refractivity contribution in [2.75, 3.05) is 11.9 Å². The number of hydrogen-bond donors (Lipinski definition) is 1. The molecule has 2 rings (SSSR count). The molecule has 1 N–H and O–H groups in total. The minimum Gasteiger partial charge on any atom is -0.493 e. The van der Waals surface area contributed by atoms with Crippen molar-refractivity contribution in [1.29, 1.82) is 5.26 Å². The van der Waals surface area contributed by atoms with Crippen LogP contribution in [-0.4, -0.2) is 12.5 Å². The van der Waals surface area contributed by atoms with Crippen molar-refractivity contribution in [3.05, 3.63) is 45.1 Å². The van der Waals surface area contributed by atoms with Gasteiger partial charge in [0.05, 0.1) is 12.7 Å². The van der Waals surface area contributed by atoms with E-state index in [0.29, 0.717) is 35.8 Å². The highest BCUT2D eigenvalue weighted by Crippen LogP contribution is 2.24. The number of thiophene rings is 1. The van der Waals surface area contributed by atoms with Crippen LogP contribution in [0.25, 0.3) is 0 Å². The van der Waals surface area contributed by atoms with E-state index in [1.807, 2.05) is 29.6 Å². The zero-order valence-corrected chi connectivity index (χ0v) is 13.5.